The average molecular weight is 612 g/mol. The fourth-order valence-electron chi connectivity index (χ4n) is 4.02. The van der Waals surface area contributed by atoms with E-state index in [2.05, 4.69) is 37.0 Å². The Morgan fingerprint density at radius 1 is 1.26 bits per heavy atom. The maximum atomic E-state index is 13.4. The number of rotatable bonds is 6. The van der Waals surface area contributed by atoms with Crippen LogP contribution in [0.15, 0.2) is 49.2 Å². The third kappa shape index (κ3) is 5.37. The molecule has 1 saturated carbocycles. The third-order valence-corrected chi connectivity index (χ3v) is 7.15. The highest BCUT2D eigenvalue weighted by Crippen LogP contribution is 2.35. The van der Waals surface area contributed by atoms with E-state index in [4.69, 9.17) is 26.4 Å². The van der Waals surface area contributed by atoms with Crippen molar-refractivity contribution in [3.05, 3.63) is 66.0 Å². The van der Waals surface area contributed by atoms with Gasteiger partial charge in [0.1, 0.15) is 5.82 Å². The van der Waals surface area contributed by atoms with Crippen molar-refractivity contribution in [1.82, 2.24) is 9.66 Å². The monoisotopic (exact) mass is 609 g/mol. The Hall–Kier alpha value is -2.23. The smallest absolute Gasteiger partial charge is 0.344 e. The van der Waals surface area contributed by atoms with Gasteiger partial charge in [-0.25, -0.2) is 9.78 Å². The number of hydrogen-bond donors (Lipinski definition) is 1. The first-order valence-electron chi connectivity index (χ1n) is 10.9. The van der Waals surface area contributed by atoms with Crippen LogP contribution < -0.4 is 10.3 Å². The summed E-state index contributed by atoms with van der Waals surface area (Å²) in [5.74, 6) is -0.0453. The second-order valence-electron chi connectivity index (χ2n) is 8.24. The van der Waals surface area contributed by atoms with Crippen LogP contribution >= 0.6 is 43.5 Å². The summed E-state index contributed by atoms with van der Waals surface area (Å²) in [4.78, 5) is 29.4. The van der Waals surface area contributed by atoms with Gasteiger partial charge in [0.25, 0.3) is 5.56 Å². The Morgan fingerprint density at radius 2 is 2.00 bits per heavy atom. The molecule has 1 heterocycles. The van der Waals surface area contributed by atoms with Gasteiger partial charge in [-0.2, -0.15) is 9.78 Å². The minimum atomic E-state index is -1.10. The van der Waals surface area contributed by atoms with Crippen LogP contribution in [0.5, 0.6) is 5.75 Å². The van der Waals surface area contributed by atoms with Gasteiger partial charge in [-0.05, 0) is 71.6 Å². The molecule has 1 aliphatic rings. The summed E-state index contributed by atoms with van der Waals surface area (Å²) in [7, 11) is 0. The van der Waals surface area contributed by atoms with Crippen molar-refractivity contribution >= 4 is 66.5 Å². The molecule has 0 saturated heterocycles. The maximum Gasteiger partial charge on any atom is 0.344 e. The van der Waals surface area contributed by atoms with Crippen molar-refractivity contribution in [3.63, 3.8) is 0 Å². The summed E-state index contributed by atoms with van der Waals surface area (Å²) in [6.07, 6.45) is 5.80. The van der Waals surface area contributed by atoms with Gasteiger partial charge in [-0.1, -0.05) is 46.8 Å². The average Bonchev–Trinajstić information content (AvgIpc) is 2.81. The lowest BCUT2D eigenvalue weighted by Crippen LogP contribution is -2.25. The van der Waals surface area contributed by atoms with Crippen molar-refractivity contribution in [3.8, 4) is 5.75 Å². The second kappa shape index (κ2) is 10.6. The van der Waals surface area contributed by atoms with Crippen LogP contribution in [0.1, 0.15) is 56.3 Å². The number of carbonyl (C=O) groups is 1. The number of halogens is 3. The summed E-state index contributed by atoms with van der Waals surface area (Å²) in [6.45, 7) is 1.42. The van der Waals surface area contributed by atoms with E-state index in [-0.39, 0.29) is 22.2 Å². The SMILES string of the molecule is C[C@@H](Oc1c(Cl)cc(C=Nn2c(C3CCCCC3)nc3ccc(Br)cc3c2=O)cc1Br)C(=O)O. The molecule has 1 fully saturated rings. The van der Waals surface area contributed by atoms with Gasteiger partial charge >= 0.3 is 5.97 Å². The molecule has 0 bridgehead atoms. The number of ether oxygens (including phenoxy) is 1. The molecule has 0 amide bonds. The highest BCUT2D eigenvalue weighted by molar-refractivity contribution is 9.10. The van der Waals surface area contributed by atoms with Gasteiger partial charge in [0.15, 0.2) is 11.9 Å². The van der Waals surface area contributed by atoms with Gasteiger partial charge in [-0.15, -0.1) is 0 Å². The van der Waals surface area contributed by atoms with Crippen LogP contribution in [0.3, 0.4) is 0 Å². The topological polar surface area (TPSA) is 93.8 Å². The molecule has 0 unspecified atom stereocenters. The molecular formula is C24H22Br2ClN3O4. The van der Waals surface area contributed by atoms with Crippen molar-refractivity contribution < 1.29 is 14.6 Å². The third-order valence-electron chi connectivity index (χ3n) is 5.79. The van der Waals surface area contributed by atoms with Gasteiger partial charge in [0, 0.05) is 10.4 Å². The first-order valence-corrected chi connectivity index (χ1v) is 12.9. The Labute approximate surface area is 218 Å². The fourth-order valence-corrected chi connectivity index (χ4v) is 5.34. The van der Waals surface area contributed by atoms with E-state index in [0.29, 0.717) is 26.8 Å². The Kier molecular flexibility index (Phi) is 7.74. The molecule has 0 spiro atoms. The molecule has 1 aromatic heterocycles. The summed E-state index contributed by atoms with van der Waals surface area (Å²) in [6, 6.07) is 8.78. The van der Waals surface area contributed by atoms with Gasteiger partial charge in [0.05, 0.1) is 26.6 Å². The van der Waals surface area contributed by atoms with Crippen LogP contribution in [-0.2, 0) is 4.79 Å². The van der Waals surface area contributed by atoms with Crippen LogP contribution in [0, 0.1) is 0 Å². The number of carboxylic acid groups (broad SMARTS) is 1. The Bertz CT molecular complexity index is 1310. The van der Waals surface area contributed by atoms with Crippen molar-refractivity contribution in [1.29, 1.82) is 0 Å². The predicted molar refractivity (Wildman–Crippen MR) is 139 cm³/mol. The minimum absolute atomic E-state index is 0.162. The van der Waals surface area contributed by atoms with E-state index < -0.39 is 12.1 Å². The van der Waals surface area contributed by atoms with Gasteiger partial charge in [0.2, 0.25) is 0 Å². The first kappa shape index (κ1) is 24.9. The number of benzene rings is 2. The zero-order chi connectivity index (χ0) is 24.4. The molecule has 2 aromatic carbocycles. The first-order chi connectivity index (χ1) is 16.2. The lowest BCUT2D eigenvalue weighted by molar-refractivity contribution is -0.144. The number of nitrogens with zero attached hydrogens (tertiary/aromatic N) is 3. The van der Waals surface area contributed by atoms with Gasteiger partial charge < -0.3 is 9.84 Å². The second-order valence-corrected chi connectivity index (χ2v) is 10.4. The van der Waals surface area contributed by atoms with E-state index in [1.807, 2.05) is 12.1 Å². The molecule has 178 valence electrons. The summed E-state index contributed by atoms with van der Waals surface area (Å²) in [5, 5.41) is 14.3. The maximum absolute atomic E-state index is 13.4. The largest absolute Gasteiger partial charge is 0.479 e. The highest BCUT2D eigenvalue weighted by atomic mass is 79.9. The molecule has 0 aliphatic heterocycles. The molecule has 1 aliphatic carbocycles. The highest BCUT2D eigenvalue weighted by Gasteiger charge is 2.23. The number of hydrogen-bond acceptors (Lipinski definition) is 5. The van der Waals surface area contributed by atoms with Crippen molar-refractivity contribution in [2.75, 3.05) is 0 Å². The predicted octanol–water partition coefficient (Wildman–Crippen LogP) is 6.36. The van der Waals surface area contributed by atoms with Gasteiger partial charge in [-0.3, -0.25) is 4.79 Å². The zero-order valence-electron chi connectivity index (χ0n) is 18.3. The molecule has 1 N–H and O–H groups in total. The van der Waals surface area contributed by atoms with E-state index in [0.717, 1.165) is 30.2 Å². The van der Waals surface area contributed by atoms with Crippen LogP contribution in [0.2, 0.25) is 5.02 Å². The Morgan fingerprint density at radius 3 is 2.68 bits per heavy atom. The molecule has 10 heteroatoms. The minimum Gasteiger partial charge on any atom is -0.479 e. The number of fused-ring (bicyclic) bond motifs is 1. The van der Waals surface area contributed by atoms with Crippen molar-refractivity contribution in [2.24, 2.45) is 5.10 Å². The number of aliphatic carboxylic acids is 1. The lowest BCUT2D eigenvalue weighted by Gasteiger charge is -2.22. The van der Waals surface area contributed by atoms with Crippen LogP contribution in [-0.4, -0.2) is 33.1 Å². The Balaban J connectivity index is 1.76. The molecule has 0 radical (unpaired) electrons. The van der Waals surface area contributed by atoms with E-state index in [9.17, 15) is 9.59 Å². The number of carboxylic acids is 1. The molecular weight excluding hydrogens is 590 g/mol. The van der Waals surface area contributed by atoms with E-state index in [1.165, 1.54) is 18.0 Å². The van der Waals surface area contributed by atoms with Crippen LogP contribution in [0.4, 0.5) is 0 Å². The standard InChI is InChI=1S/C24H22Br2ClN3O4/c1-13(24(32)33)34-21-18(26)9-14(10-19(21)27)12-28-30-22(15-5-3-2-4-6-15)29-20-8-7-16(25)11-17(20)23(30)31/h7-13,15H,2-6H2,1H3,(H,32,33)/t13-/m1/s1. The molecule has 1 atom stereocenters. The quantitative estimate of drug-likeness (QED) is 0.328. The van der Waals surface area contributed by atoms with Crippen molar-refractivity contribution in [2.45, 2.75) is 51.0 Å². The summed E-state index contributed by atoms with van der Waals surface area (Å²) < 4.78 is 8.11. The normalized spacial score (nSPS) is 15.6. The van der Waals surface area contributed by atoms with Crippen LogP contribution in [0.25, 0.3) is 10.9 Å². The molecule has 3 aromatic rings. The molecule has 7 nitrogen and oxygen atoms in total. The molecule has 4 rings (SSSR count). The number of aromatic nitrogens is 2. The summed E-state index contributed by atoms with van der Waals surface area (Å²) in [5.41, 5.74) is 1.03. The fraction of sp³-hybridized carbons (Fsp3) is 0.333. The zero-order valence-corrected chi connectivity index (χ0v) is 22.2. The lowest BCUT2D eigenvalue weighted by atomic mass is 9.88. The van der Waals surface area contributed by atoms with E-state index in [1.54, 1.807) is 24.4 Å². The van der Waals surface area contributed by atoms with E-state index >= 15 is 0 Å². The molecule has 34 heavy (non-hydrogen) atoms. The summed E-state index contributed by atoms with van der Waals surface area (Å²) >= 11 is 13.2.